The molecule has 178 valence electrons. The molecule has 0 bridgehead atoms. The molecule has 0 aromatic rings. The highest BCUT2D eigenvalue weighted by molar-refractivity contribution is 8.03. The first-order chi connectivity index (χ1) is 15.6. The fourth-order valence-corrected chi connectivity index (χ4v) is 8.52. The second-order valence-electron chi connectivity index (χ2n) is 10.5. The van der Waals surface area contributed by atoms with Crippen LogP contribution < -0.4 is 0 Å². The number of hydrogen-bond acceptors (Lipinski definition) is 8. The van der Waals surface area contributed by atoms with E-state index in [0.29, 0.717) is 6.42 Å². The summed E-state index contributed by atoms with van der Waals surface area (Å²) >= 11 is 1.75. The summed E-state index contributed by atoms with van der Waals surface area (Å²) in [5.41, 5.74) is -1.49. The maximum Gasteiger partial charge on any atom is 0.204 e. The van der Waals surface area contributed by atoms with Gasteiger partial charge in [-0.3, -0.25) is 14.4 Å². The average molecular weight is 475 g/mol. The minimum atomic E-state index is -2.30. The van der Waals surface area contributed by atoms with Gasteiger partial charge in [-0.2, -0.15) is 0 Å². The maximum absolute atomic E-state index is 13.7. The number of aliphatic hydroxyl groups is 4. The minimum Gasteiger partial charge on any atom is -0.511 e. The van der Waals surface area contributed by atoms with E-state index in [1.165, 1.54) is 5.57 Å². The van der Waals surface area contributed by atoms with Crippen LogP contribution in [0.4, 0.5) is 0 Å². The van der Waals surface area contributed by atoms with E-state index in [9.17, 15) is 34.8 Å². The molecule has 0 spiro atoms. The number of thioether (sulfide) groups is 1. The number of carbonyl (C=O) groups excluding carboxylic acids is 3. The molecular formula is C25H30O7S. The van der Waals surface area contributed by atoms with Gasteiger partial charge < -0.3 is 20.4 Å². The van der Waals surface area contributed by atoms with Gasteiger partial charge in [0.25, 0.3) is 0 Å². The normalized spacial score (nSPS) is 47.1. The van der Waals surface area contributed by atoms with Crippen LogP contribution in [-0.2, 0) is 14.4 Å². The summed E-state index contributed by atoms with van der Waals surface area (Å²) < 4.78 is 0. The SMILES string of the molecule is CC(=O)C1=C(O)C[C@@H]2C[C@@H]3CC4C(C5CC(C)=CS5)C=CC(O)C4C(=O)C3C(O)[C@]2(O)C1=O. The topological polar surface area (TPSA) is 132 Å². The molecule has 0 radical (unpaired) electrons. The van der Waals surface area contributed by atoms with E-state index in [1.54, 1.807) is 17.8 Å². The van der Waals surface area contributed by atoms with E-state index in [1.807, 2.05) is 6.08 Å². The van der Waals surface area contributed by atoms with Crippen LogP contribution in [0.2, 0.25) is 0 Å². The molecule has 0 amide bonds. The Balaban J connectivity index is 1.49. The second kappa shape index (κ2) is 7.90. The van der Waals surface area contributed by atoms with E-state index in [0.717, 1.165) is 13.3 Å². The van der Waals surface area contributed by atoms with Gasteiger partial charge in [-0.15, -0.1) is 11.8 Å². The molecule has 0 aromatic carbocycles. The Morgan fingerprint density at radius 3 is 2.48 bits per heavy atom. The van der Waals surface area contributed by atoms with Crippen molar-refractivity contribution >= 4 is 29.1 Å². The Hall–Kier alpha value is -1.74. The number of Topliss-reactive ketones (excluding diaryl/α,β-unsaturated/α-hetero) is 3. The molecule has 5 rings (SSSR count). The minimum absolute atomic E-state index is 0.0900. The molecule has 7 nitrogen and oxygen atoms in total. The van der Waals surface area contributed by atoms with Crippen LogP contribution in [0.15, 0.2) is 34.5 Å². The van der Waals surface area contributed by atoms with Crippen molar-refractivity contribution in [1.82, 2.24) is 0 Å². The molecule has 10 atom stereocenters. The van der Waals surface area contributed by atoms with Gasteiger partial charge >= 0.3 is 0 Å². The molecule has 1 heterocycles. The molecule has 2 fully saturated rings. The maximum atomic E-state index is 13.7. The van der Waals surface area contributed by atoms with Gasteiger partial charge in [0.2, 0.25) is 5.78 Å². The zero-order valence-corrected chi connectivity index (χ0v) is 19.5. The number of carbonyl (C=O) groups is 3. The van der Waals surface area contributed by atoms with Crippen molar-refractivity contribution in [3.05, 3.63) is 34.5 Å². The molecule has 7 unspecified atom stereocenters. The van der Waals surface area contributed by atoms with Crippen molar-refractivity contribution in [2.45, 2.75) is 62.6 Å². The highest BCUT2D eigenvalue weighted by Crippen LogP contribution is 2.56. The number of fused-ring (bicyclic) bond motifs is 3. The molecule has 2 saturated carbocycles. The zero-order chi connectivity index (χ0) is 23.8. The third-order valence-corrected chi connectivity index (χ3v) is 10.0. The first-order valence-corrected chi connectivity index (χ1v) is 12.6. The second-order valence-corrected chi connectivity index (χ2v) is 11.6. The van der Waals surface area contributed by atoms with Gasteiger partial charge in [0.1, 0.15) is 23.2 Å². The fourth-order valence-electron chi connectivity index (χ4n) is 7.18. The Morgan fingerprint density at radius 1 is 1.12 bits per heavy atom. The van der Waals surface area contributed by atoms with Crippen LogP contribution in [0.3, 0.4) is 0 Å². The lowest BCUT2D eigenvalue weighted by Gasteiger charge is -2.56. The third kappa shape index (κ3) is 3.25. The zero-order valence-electron chi connectivity index (χ0n) is 18.7. The van der Waals surface area contributed by atoms with E-state index in [2.05, 4.69) is 12.3 Å². The van der Waals surface area contributed by atoms with E-state index < -0.39 is 52.7 Å². The number of hydrogen-bond donors (Lipinski definition) is 4. The van der Waals surface area contributed by atoms with E-state index in [4.69, 9.17) is 0 Å². The van der Waals surface area contributed by atoms with Gasteiger partial charge in [0.05, 0.1) is 17.9 Å². The van der Waals surface area contributed by atoms with Gasteiger partial charge in [0.15, 0.2) is 11.4 Å². The summed E-state index contributed by atoms with van der Waals surface area (Å²) in [6.07, 6.45) is 2.74. The highest BCUT2D eigenvalue weighted by Gasteiger charge is 2.65. The smallest absolute Gasteiger partial charge is 0.204 e. The summed E-state index contributed by atoms with van der Waals surface area (Å²) in [6, 6.07) is 0. The van der Waals surface area contributed by atoms with Crippen LogP contribution in [-0.4, -0.2) is 60.8 Å². The Labute approximate surface area is 196 Å². The first kappa shape index (κ1) is 23.0. The molecule has 0 saturated heterocycles. The highest BCUT2D eigenvalue weighted by atomic mass is 32.2. The van der Waals surface area contributed by atoms with Gasteiger partial charge in [-0.25, -0.2) is 0 Å². The largest absolute Gasteiger partial charge is 0.511 e. The number of ketones is 3. The molecular weight excluding hydrogens is 444 g/mol. The van der Waals surface area contributed by atoms with Gasteiger partial charge in [-0.05, 0) is 56.3 Å². The van der Waals surface area contributed by atoms with Crippen molar-refractivity contribution in [1.29, 1.82) is 0 Å². The Kier molecular flexibility index (Phi) is 5.51. The molecule has 1 aliphatic heterocycles. The Morgan fingerprint density at radius 2 is 1.85 bits per heavy atom. The molecule has 8 heteroatoms. The number of allylic oxidation sites excluding steroid dienone is 3. The lowest BCUT2D eigenvalue weighted by molar-refractivity contribution is -0.199. The first-order valence-electron chi connectivity index (χ1n) is 11.6. The predicted molar refractivity (Wildman–Crippen MR) is 121 cm³/mol. The lowest BCUT2D eigenvalue weighted by atomic mass is 9.50. The van der Waals surface area contributed by atoms with Crippen LogP contribution in [0.5, 0.6) is 0 Å². The van der Waals surface area contributed by atoms with Gasteiger partial charge in [-0.1, -0.05) is 17.7 Å². The molecule has 0 aromatic heterocycles. The Bertz CT molecular complexity index is 1010. The average Bonchev–Trinajstić information content (AvgIpc) is 3.16. The van der Waals surface area contributed by atoms with E-state index >= 15 is 0 Å². The van der Waals surface area contributed by atoms with Crippen molar-refractivity contribution in [2.24, 2.45) is 35.5 Å². The lowest BCUT2D eigenvalue weighted by Crippen LogP contribution is -2.68. The standard InChI is InChI=1S/C25H30O7S/c1-10-5-18(33-9-10)14-3-4-16(27)21-15(14)7-12-6-13-8-17(28)19(11(2)26)23(30)25(13,32)24(31)20(12)22(21)29/h3-4,9,12-16,18,20-21,24,27-28,31-32H,5-8H2,1-2H3/t12-,13+,14?,15?,16?,18?,20?,21?,24?,25-/m1/s1. The third-order valence-electron chi connectivity index (χ3n) is 8.66. The summed E-state index contributed by atoms with van der Waals surface area (Å²) in [4.78, 5) is 38.8. The van der Waals surface area contributed by atoms with Crippen LogP contribution in [0.1, 0.15) is 39.5 Å². The van der Waals surface area contributed by atoms with E-state index in [-0.39, 0.29) is 47.4 Å². The van der Waals surface area contributed by atoms with Crippen LogP contribution >= 0.6 is 11.8 Å². The van der Waals surface area contributed by atoms with Gasteiger partial charge in [0, 0.05) is 17.6 Å². The molecule has 4 aliphatic carbocycles. The summed E-state index contributed by atoms with van der Waals surface area (Å²) in [5, 5.41) is 46.2. The molecule has 4 N–H and O–H groups in total. The molecule has 5 aliphatic rings. The van der Waals surface area contributed by atoms with Crippen molar-refractivity contribution < 1.29 is 34.8 Å². The van der Waals surface area contributed by atoms with Crippen LogP contribution in [0.25, 0.3) is 0 Å². The molecule has 33 heavy (non-hydrogen) atoms. The van der Waals surface area contributed by atoms with Crippen LogP contribution in [0, 0.1) is 35.5 Å². The van der Waals surface area contributed by atoms with Crippen molar-refractivity contribution in [3.63, 3.8) is 0 Å². The monoisotopic (exact) mass is 474 g/mol. The summed E-state index contributed by atoms with van der Waals surface area (Å²) in [7, 11) is 0. The number of rotatable bonds is 2. The number of aliphatic hydroxyl groups excluding tert-OH is 3. The fraction of sp³-hybridized carbons (Fsp3) is 0.640. The quantitative estimate of drug-likeness (QED) is 0.352. The summed E-state index contributed by atoms with van der Waals surface area (Å²) in [6.45, 7) is 3.21. The predicted octanol–water partition coefficient (Wildman–Crippen LogP) is 1.87. The van der Waals surface area contributed by atoms with Crippen molar-refractivity contribution in [2.75, 3.05) is 0 Å². The van der Waals surface area contributed by atoms with Crippen molar-refractivity contribution in [3.8, 4) is 0 Å². The summed E-state index contributed by atoms with van der Waals surface area (Å²) in [5.74, 6) is -5.10.